The van der Waals surface area contributed by atoms with Crippen LogP contribution in [0.2, 0.25) is 0 Å². The van der Waals surface area contributed by atoms with Crippen molar-refractivity contribution in [3.63, 3.8) is 0 Å². The number of hydrogen-bond donors (Lipinski definition) is 1. The van der Waals surface area contributed by atoms with Gasteiger partial charge in [-0.15, -0.1) is 0 Å². The van der Waals surface area contributed by atoms with Gasteiger partial charge in [0.25, 0.3) is 0 Å². The fourth-order valence-corrected chi connectivity index (χ4v) is 5.46. The summed E-state index contributed by atoms with van der Waals surface area (Å²) in [5.74, 6) is 1.11. The summed E-state index contributed by atoms with van der Waals surface area (Å²) < 4.78 is 7.60. The molecule has 35 heavy (non-hydrogen) atoms. The van der Waals surface area contributed by atoms with Gasteiger partial charge in [0.1, 0.15) is 0 Å². The fraction of sp³-hybridized carbons (Fsp3) is 0.464. The maximum atomic E-state index is 12.5. The van der Waals surface area contributed by atoms with E-state index in [-0.39, 0.29) is 5.69 Å². The molecule has 7 nitrogen and oxygen atoms in total. The van der Waals surface area contributed by atoms with Gasteiger partial charge in [0.15, 0.2) is 0 Å². The average Bonchev–Trinajstić information content (AvgIpc) is 3.16. The fourth-order valence-electron chi connectivity index (χ4n) is 5.46. The van der Waals surface area contributed by atoms with E-state index < -0.39 is 0 Å². The van der Waals surface area contributed by atoms with E-state index in [0.29, 0.717) is 18.4 Å². The minimum atomic E-state index is -0.0938. The summed E-state index contributed by atoms with van der Waals surface area (Å²) >= 11 is 0. The van der Waals surface area contributed by atoms with Gasteiger partial charge < -0.3 is 14.6 Å². The molecule has 6 rings (SSSR count). The van der Waals surface area contributed by atoms with Crippen LogP contribution in [-0.2, 0) is 7.05 Å². The highest BCUT2D eigenvalue weighted by atomic mass is 16.5. The number of aryl methyl sites for hydroxylation is 1. The predicted octanol–water partition coefficient (Wildman–Crippen LogP) is 5.00. The Hall–Kier alpha value is -3.19. The van der Waals surface area contributed by atoms with Crippen molar-refractivity contribution in [1.29, 1.82) is 0 Å². The number of fused-ring (bicyclic) bond motifs is 3. The maximum Gasteiger partial charge on any atom is 0.326 e. The van der Waals surface area contributed by atoms with Crippen LogP contribution in [0.5, 0.6) is 5.88 Å². The van der Waals surface area contributed by atoms with E-state index >= 15 is 0 Å². The third-order valence-electron chi connectivity index (χ3n) is 7.74. The number of hydrogen-bond acceptors (Lipinski definition) is 5. The Morgan fingerprint density at radius 3 is 2.63 bits per heavy atom. The predicted molar refractivity (Wildman–Crippen MR) is 139 cm³/mol. The quantitative estimate of drug-likeness (QED) is 0.384. The minimum absolute atomic E-state index is 0.0938. The Bertz CT molecular complexity index is 1400. The number of benzene rings is 1. The highest BCUT2D eigenvalue weighted by Crippen LogP contribution is 2.40. The molecule has 2 aliphatic rings. The second kappa shape index (κ2) is 9.46. The number of nitrogens with zero attached hydrogens (tertiary/aromatic N) is 4. The van der Waals surface area contributed by atoms with Gasteiger partial charge >= 0.3 is 5.69 Å². The van der Waals surface area contributed by atoms with Gasteiger partial charge in [-0.05, 0) is 69.0 Å². The average molecular weight is 472 g/mol. The number of imidazole rings is 1. The van der Waals surface area contributed by atoms with Gasteiger partial charge in [0, 0.05) is 42.7 Å². The number of ether oxygens (including phenoxy) is 1. The number of H-pyrrole nitrogens is 1. The topological polar surface area (TPSA) is 76.0 Å². The first-order valence-corrected chi connectivity index (χ1v) is 13.0. The molecule has 7 heteroatoms. The van der Waals surface area contributed by atoms with Crippen molar-refractivity contribution in [3.05, 3.63) is 52.7 Å². The van der Waals surface area contributed by atoms with Crippen molar-refractivity contribution >= 4 is 21.9 Å². The van der Waals surface area contributed by atoms with Gasteiger partial charge in [-0.1, -0.05) is 18.9 Å². The molecule has 1 aliphatic carbocycles. The number of likely N-dealkylation sites (tertiary alicyclic amines) is 1. The molecule has 0 radical (unpaired) electrons. The zero-order chi connectivity index (χ0) is 23.8. The minimum Gasteiger partial charge on any atom is -0.478 e. The Balaban J connectivity index is 1.21. The Morgan fingerprint density at radius 2 is 1.89 bits per heavy atom. The third kappa shape index (κ3) is 4.33. The van der Waals surface area contributed by atoms with Crippen LogP contribution in [0.15, 0.2) is 41.3 Å². The van der Waals surface area contributed by atoms with Crippen molar-refractivity contribution in [2.24, 2.45) is 7.05 Å². The molecule has 0 bridgehead atoms. The van der Waals surface area contributed by atoms with Gasteiger partial charge in [-0.2, -0.15) is 0 Å². The molecule has 2 fully saturated rings. The smallest absolute Gasteiger partial charge is 0.326 e. The van der Waals surface area contributed by atoms with E-state index in [1.54, 1.807) is 4.57 Å². The zero-order valence-electron chi connectivity index (χ0n) is 20.4. The molecule has 0 spiro atoms. The molecule has 182 valence electrons. The number of aromatic amines is 1. The number of rotatable bonds is 7. The van der Waals surface area contributed by atoms with Crippen LogP contribution in [0.3, 0.4) is 0 Å². The van der Waals surface area contributed by atoms with Gasteiger partial charge in [-0.25, -0.2) is 9.78 Å². The molecule has 4 heterocycles. The molecular formula is C28H33N5O2. The summed E-state index contributed by atoms with van der Waals surface area (Å²) in [7, 11) is 1.83. The van der Waals surface area contributed by atoms with Crippen molar-refractivity contribution < 1.29 is 4.74 Å². The van der Waals surface area contributed by atoms with Crippen LogP contribution in [0, 0.1) is 0 Å². The zero-order valence-corrected chi connectivity index (χ0v) is 20.4. The summed E-state index contributed by atoms with van der Waals surface area (Å²) in [5.41, 5.74) is 5.77. The van der Waals surface area contributed by atoms with Gasteiger partial charge in [0.2, 0.25) is 5.88 Å². The molecule has 0 atom stereocenters. The van der Waals surface area contributed by atoms with Crippen molar-refractivity contribution in [1.82, 2.24) is 24.4 Å². The van der Waals surface area contributed by atoms with Gasteiger partial charge in [-0.3, -0.25) is 9.55 Å². The number of aromatic nitrogens is 4. The first-order chi connectivity index (χ1) is 17.2. The number of pyridine rings is 2. The summed E-state index contributed by atoms with van der Waals surface area (Å²) in [5, 5.41) is 0.969. The Kier molecular flexibility index (Phi) is 6.02. The highest BCUT2D eigenvalue weighted by Gasteiger charge is 2.26. The molecule has 0 amide bonds. The monoisotopic (exact) mass is 471 g/mol. The largest absolute Gasteiger partial charge is 0.478 e. The molecule has 4 aromatic rings. The normalized spacial score (nSPS) is 17.2. The summed E-state index contributed by atoms with van der Waals surface area (Å²) in [6.07, 6.45) is 10.4. The Labute approximate surface area is 205 Å². The van der Waals surface area contributed by atoms with Crippen LogP contribution in [-0.4, -0.2) is 50.7 Å². The van der Waals surface area contributed by atoms with Crippen molar-refractivity contribution in [3.8, 4) is 17.0 Å². The maximum absolute atomic E-state index is 12.5. The number of nitrogens with one attached hydrogen (secondary N) is 1. The van der Waals surface area contributed by atoms with E-state index in [2.05, 4.69) is 39.1 Å². The lowest BCUT2D eigenvalue weighted by Gasteiger charge is -2.26. The molecule has 1 saturated heterocycles. The van der Waals surface area contributed by atoms with Crippen LogP contribution in [0.1, 0.15) is 56.6 Å². The summed E-state index contributed by atoms with van der Waals surface area (Å²) in [6.45, 7) is 4.23. The van der Waals surface area contributed by atoms with E-state index in [4.69, 9.17) is 9.72 Å². The second-order valence-electron chi connectivity index (χ2n) is 10.1. The molecule has 1 saturated carbocycles. The molecule has 0 unspecified atom stereocenters. The molecular weight excluding hydrogens is 438 g/mol. The van der Waals surface area contributed by atoms with Crippen molar-refractivity contribution in [2.45, 2.75) is 50.9 Å². The van der Waals surface area contributed by atoms with Crippen LogP contribution in [0.4, 0.5) is 0 Å². The SMILES string of the molecule is Cn1c(=O)[nH]c2c3cc(-c4ccc(OCCCN5CCCCC5)nc4)ccc3nc(C3CCC3)c21. The van der Waals surface area contributed by atoms with E-state index in [0.717, 1.165) is 64.6 Å². The van der Waals surface area contributed by atoms with Crippen LogP contribution in [0.25, 0.3) is 33.1 Å². The molecule has 1 aromatic carbocycles. The van der Waals surface area contributed by atoms with Crippen molar-refractivity contribution in [2.75, 3.05) is 26.2 Å². The third-order valence-corrected chi connectivity index (χ3v) is 7.74. The van der Waals surface area contributed by atoms with Crippen LogP contribution >= 0.6 is 0 Å². The van der Waals surface area contributed by atoms with E-state index in [9.17, 15) is 4.79 Å². The highest BCUT2D eigenvalue weighted by molar-refractivity contribution is 6.04. The molecule has 3 aromatic heterocycles. The first kappa shape index (κ1) is 22.3. The van der Waals surface area contributed by atoms with Gasteiger partial charge in [0.05, 0.1) is 28.9 Å². The lowest BCUT2D eigenvalue weighted by Crippen LogP contribution is -2.31. The lowest BCUT2D eigenvalue weighted by molar-refractivity contribution is 0.203. The standard InChI is InChI=1S/C28H33N5O2/c1-32-27-25(19-7-5-8-19)30-23-11-9-20(17-22(23)26(27)31-28(32)34)21-10-12-24(29-18-21)35-16-6-15-33-13-3-2-4-14-33/h9-12,17-19H,2-8,13-16H2,1H3,(H,31,34). The Morgan fingerprint density at radius 1 is 1.06 bits per heavy atom. The number of piperidine rings is 1. The van der Waals surface area contributed by atoms with Crippen LogP contribution < -0.4 is 10.4 Å². The van der Waals surface area contributed by atoms with E-state index in [1.807, 2.05) is 19.3 Å². The van der Waals surface area contributed by atoms with E-state index in [1.165, 1.54) is 38.8 Å². The first-order valence-electron chi connectivity index (χ1n) is 13.0. The molecule has 1 aliphatic heterocycles. The lowest BCUT2D eigenvalue weighted by atomic mass is 9.82. The summed E-state index contributed by atoms with van der Waals surface area (Å²) in [6, 6.07) is 10.3. The molecule has 1 N–H and O–H groups in total. The second-order valence-corrected chi connectivity index (χ2v) is 10.1. The summed E-state index contributed by atoms with van der Waals surface area (Å²) in [4.78, 5) is 27.7.